The molecule has 1 heterocycles. The van der Waals surface area contributed by atoms with E-state index < -0.39 is 4.92 Å². The van der Waals surface area contributed by atoms with Crippen LogP contribution in [0, 0.1) is 24.0 Å². The number of non-ortho nitro benzene ring substituents is 1. The summed E-state index contributed by atoms with van der Waals surface area (Å²) in [6.45, 7) is 7.52. The van der Waals surface area contributed by atoms with E-state index >= 15 is 0 Å². The van der Waals surface area contributed by atoms with Crippen LogP contribution < -0.4 is 10.2 Å². The van der Waals surface area contributed by atoms with Crippen molar-refractivity contribution in [2.45, 2.75) is 13.8 Å². The average molecular weight is 405 g/mol. The molecule has 1 aliphatic rings. The number of hydrogen-bond acceptors (Lipinski definition) is 4. The number of piperazine rings is 1. The molecule has 0 aromatic heterocycles. The predicted molar refractivity (Wildman–Crippen MR) is 114 cm³/mol. The molecule has 0 atom stereocenters. The van der Waals surface area contributed by atoms with Gasteiger partial charge in [0.05, 0.1) is 15.6 Å². The molecule has 0 radical (unpaired) electrons. The van der Waals surface area contributed by atoms with Gasteiger partial charge in [0.25, 0.3) is 5.69 Å². The molecular weight excluding hydrogens is 384 g/mol. The van der Waals surface area contributed by atoms with Gasteiger partial charge < -0.3 is 15.1 Å². The first kappa shape index (κ1) is 19.4. The molecule has 1 aliphatic heterocycles. The third-order valence-electron chi connectivity index (χ3n) is 4.89. The molecule has 142 valence electrons. The number of nitrogens with one attached hydrogen (secondary N) is 1. The van der Waals surface area contributed by atoms with Gasteiger partial charge in [-0.3, -0.25) is 10.1 Å². The summed E-state index contributed by atoms with van der Waals surface area (Å²) in [5, 5.41) is 14.9. The summed E-state index contributed by atoms with van der Waals surface area (Å²) in [6, 6.07) is 10.6. The van der Waals surface area contributed by atoms with E-state index in [1.807, 2.05) is 0 Å². The number of anilines is 2. The zero-order valence-corrected chi connectivity index (χ0v) is 16.8. The van der Waals surface area contributed by atoms with Crippen LogP contribution >= 0.6 is 23.8 Å². The van der Waals surface area contributed by atoms with E-state index in [0.29, 0.717) is 15.8 Å². The van der Waals surface area contributed by atoms with E-state index in [9.17, 15) is 10.1 Å². The van der Waals surface area contributed by atoms with Gasteiger partial charge in [-0.2, -0.15) is 0 Å². The van der Waals surface area contributed by atoms with Crippen LogP contribution in [-0.4, -0.2) is 41.1 Å². The Hall–Kier alpha value is -2.38. The summed E-state index contributed by atoms with van der Waals surface area (Å²) in [4.78, 5) is 14.9. The standard InChI is InChI=1S/C19H21ClN4O2S/c1-13-4-3-5-18(14(13)2)22-8-10-23(11-9-22)19(27)21-17-12-15(24(25)26)6-7-16(17)20/h3-7,12H,8-11H2,1-2H3,(H,21,27). The third kappa shape index (κ3) is 4.31. The molecule has 0 spiro atoms. The lowest BCUT2D eigenvalue weighted by atomic mass is 10.1. The van der Waals surface area contributed by atoms with Crippen LogP contribution in [0.25, 0.3) is 0 Å². The van der Waals surface area contributed by atoms with E-state index in [2.05, 4.69) is 47.2 Å². The molecule has 6 nitrogen and oxygen atoms in total. The summed E-state index contributed by atoms with van der Waals surface area (Å²) in [7, 11) is 0. The molecule has 1 N–H and O–H groups in total. The van der Waals surface area contributed by atoms with Crippen LogP contribution in [0.1, 0.15) is 11.1 Å². The first-order valence-corrected chi connectivity index (χ1v) is 9.46. The highest BCUT2D eigenvalue weighted by molar-refractivity contribution is 7.80. The second-order valence-electron chi connectivity index (χ2n) is 6.54. The smallest absolute Gasteiger partial charge is 0.271 e. The lowest BCUT2D eigenvalue weighted by Gasteiger charge is -2.38. The topological polar surface area (TPSA) is 61.6 Å². The SMILES string of the molecule is Cc1cccc(N2CCN(C(=S)Nc3cc([N+](=O)[O-])ccc3Cl)CC2)c1C. The Morgan fingerprint density at radius 2 is 1.89 bits per heavy atom. The van der Waals surface area contributed by atoms with Crippen molar-refractivity contribution in [2.24, 2.45) is 0 Å². The molecule has 8 heteroatoms. The fourth-order valence-electron chi connectivity index (χ4n) is 3.15. The zero-order chi connectivity index (χ0) is 19.6. The Morgan fingerprint density at radius 1 is 1.19 bits per heavy atom. The third-order valence-corrected chi connectivity index (χ3v) is 5.58. The Morgan fingerprint density at radius 3 is 2.56 bits per heavy atom. The Labute approximate surface area is 168 Å². The molecule has 2 aromatic rings. The second-order valence-corrected chi connectivity index (χ2v) is 7.34. The number of aryl methyl sites for hydroxylation is 1. The van der Waals surface area contributed by atoms with E-state index in [1.165, 1.54) is 35.0 Å². The maximum Gasteiger partial charge on any atom is 0.271 e. The van der Waals surface area contributed by atoms with Crippen LogP contribution in [0.15, 0.2) is 36.4 Å². The van der Waals surface area contributed by atoms with Crippen LogP contribution in [0.2, 0.25) is 5.02 Å². The molecule has 3 rings (SSSR count). The van der Waals surface area contributed by atoms with Gasteiger partial charge in [0, 0.05) is 44.0 Å². The minimum absolute atomic E-state index is 0.0237. The van der Waals surface area contributed by atoms with Gasteiger partial charge >= 0.3 is 0 Å². The summed E-state index contributed by atoms with van der Waals surface area (Å²) in [5.74, 6) is 0. The van der Waals surface area contributed by atoms with Crippen molar-refractivity contribution in [3.8, 4) is 0 Å². The van der Waals surface area contributed by atoms with Crippen molar-refractivity contribution in [3.63, 3.8) is 0 Å². The van der Waals surface area contributed by atoms with Crippen LogP contribution in [-0.2, 0) is 0 Å². The number of halogens is 1. The van der Waals surface area contributed by atoms with Gasteiger partial charge in [0.15, 0.2) is 5.11 Å². The predicted octanol–water partition coefficient (Wildman–Crippen LogP) is 4.38. The minimum Gasteiger partial charge on any atom is -0.368 e. The Kier molecular flexibility index (Phi) is 5.82. The number of nitro benzene ring substituents is 1. The maximum atomic E-state index is 11.0. The van der Waals surface area contributed by atoms with Crippen molar-refractivity contribution in [1.82, 2.24) is 4.90 Å². The van der Waals surface area contributed by atoms with Crippen LogP contribution in [0.4, 0.5) is 17.1 Å². The highest BCUT2D eigenvalue weighted by atomic mass is 35.5. The van der Waals surface area contributed by atoms with Gasteiger partial charge in [-0.25, -0.2) is 0 Å². The number of nitrogens with zero attached hydrogens (tertiary/aromatic N) is 3. The first-order valence-electron chi connectivity index (χ1n) is 8.68. The lowest BCUT2D eigenvalue weighted by Crippen LogP contribution is -2.50. The van der Waals surface area contributed by atoms with Gasteiger partial charge in [-0.05, 0) is 49.3 Å². The summed E-state index contributed by atoms with van der Waals surface area (Å²) >= 11 is 11.6. The van der Waals surface area contributed by atoms with Crippen molar-refractivity contribution in [1.29, 1.82) is 0 Å². The van der Waals surface area contributed by atoms with E-state index in [4.69, 9.17) is 23.8 Å². The molecule has 1 saturated heterocycles. The van der Waals surface area contributed by atoms with Crippen LogP contribution in [0.3, 0.4) is 0 Å². The molecule has 1 fully saturated rings. The molecule has 0 aliphatic carbocycles. The second kappa shape index (κ2) is 8.10. The average Bonchev–Trinajstić information content (AvgIpc) is 2.65. The first-order chi connectivity index (χ1) is 12.9. The highest BCUT2D eigenvalue weighted by Gasteiger charge is 2.21. The van der Waals surface area contributed by atoms with Crippen molar-refractivity contribution in [2.75, 3.05) is 36.4 Å². The lowest BCUT2D eigenvalue weighted by molar-refractivity contribution is -0.384. The normalized spacial score (nSPS) is 14.2. The van der Waals surface area contributed by atoms with Crippen LogP contribution in [0.5, 0.6) is 0 Å². The van der Waals surface area contributed by atoms with Gasteiger partial charge in [-0.1, -0.05) is 23.7 Å². The quantitative estimate of drug-likeness (QED) is 0.465. The van der Waals surface area contributed by atoms with E-state index in [1.54, 1.807) is 0 Å². The van der Waals surface area contributed by atoms with Crippen molar-refractivity contribution >= 4 is 46.0 Å². The summed E-state index contributed by atoms with van der Waals surface area (Å²) in [5.41, 5.74) is 4.27. The molecule has 0 bridgehead atoms. The molecule has 27 heavy (non-hydrogen) atoms. The Balaban J connectivity index is 1.65. The molecule has 0 unspecified atom stereocenters. The van der Waals surface area contributed by atoms with Gasteiger partial charge in [-0.15, -0.1) is 0 Å². The van der Waals surface area contributed by atoms with Gasteiger partial charge in [0.2, 0.25) is 0 Å². The summed E-state index contributed by atoms with van der Waals surface area (Å²) < 4.78 is 0. The Bertz CT molecular complexity index is 882. The number of hydrogen-bond donors (Lipinski definition) is 1. The minimum atomic E-state index is -0.451. The molecular formula is C19H21ClN4O2S. The molecule has 2 aromatic carbocycles. The number of nitro groups is 1. The zero-order valence-electron chi connectivity index (χ0n) is 15.2. The maximum absolute atomic E-state index is 11.0. The number of thiocarbonyl (C=S) groups is 1. The molecule has 0 amide bonds. The fourth-order valence-corrected chi connectivity index (χ4v) is 3.60. The number of benzene rings is 2. The number of rotatable bonds is 3. The molecule has 0 saturated carbocycles. The summed E-state index contributed by atoms with van der Waals surface area (Å²) in [6.07, 6.45) is 0. The van der Waals surface area contributed by atoms with Gasteiger partial charge in [0.1, 0.15) is 0 Å². The van der Waals surface area contributed by atoms with Crippen molar-refractivity contribution in [3.05, 3.63) is 62.7 Å². The monoisotopic (exact) mass is 404 g/mol. The fraction of sp³-hybridized carbons (Fsp3) is 0.316. The van der Waals surface area contributed by atoms with E-state index in [-0.39, 0.29) is 5.69 Å². The van der Waals surface area contributed by atoms with E-state index in [0.717, 1.165) is 26.2 Å². The highest BCUT2D eigenvalue weighted by Crippen LogP contribution is 2.28. The largest absolute Gasteiger partial charge is 0.368 e. The van der Waals surface area contributed by atoms with Crippen molar-refractivity contribution < 1.29 is 4.92 Å².